The molecular formula is C19H18FNO4. The van der Waals surface area contributed by atoms with Crippen molar-refractivity contribution < 1.29 is 23.4 Å². The molecule has 0 radical (unpaired) electrons. The van der Waals surface area contributed by atoms with E-state index in [4.69, 9.17) is 9.15 Å². The predicted octanol–water partition coefficient (Wildman–Crippen LogP) is 3.39. The van der Waals surface area contributed by atoms with Gasteiger partial charge in [-0.15, -0.1) is 0 Å². The van der Waals surface area contributed by atoms with Crippen LogP contribution in [-0.4, -0.2) is 36.7 Å². The Hall–Kier alpha value is -2.86. The second kappa shape index (κ2) is 6.94. The first-order chi connectivity index (χ1) is 12.0. The van der Waals surface area contributed by atoms with Crippen molar-refractivity contribution in [2.24, 2.45) is 0 Å². The third-order valence-corrected chi connectivity index (χ3v) is 4.17. The van der Waals surface area contributed by atoms with E-state index in [1.54, 1.807) is 50.6 Å². The highest BCUT2D eigenvalue weighted by Gasteiger charge is 2.25. The third kappa shape index (κ3) is 3.21. The number of nitrogens with zero attached hydrogens (tertiary/aromatic N) is 1. The summed E-state index contributed by atoms with van der Waals surface area (Å²) in [5.74, 6) is -0.254. The Morgan fingerprint density at radius 1 is 1.28 bits per heavy atom. The third-order valence-electron chi connectivity index (χ3n) is 4.17. The van der Waals surface area contributed by atoms with Gasteiger partial charge in [-0.3, -0.25) is 4.79 Å². The number of aliphatic hydroxyl groups is 1. The monoisotopic (exact) mass is 343 g/mol. The summed E-state index contributed by atoms with van der Waals surface area (Å²) in [5.41, 5.74) is 0.797. The Morgan fingerprint density at radius 2 is 2.00 bits per heavy atom. The van der Waals surface area contributed by atoms with E-state index in [1.165, 1.54) is 17.0 Å². The minimum absolute atomic E-state index is 0.0227. The molecule has 1 N–H and O–H groups in total. The quantitative estimate of drug-likeness (QED) is 0.771. The van der Waals surface area contributed by atoms with Crippen LogP contribution in [0.3, 0.4) is 0 Å². The fourth-order valence-electron chi connectivity index (χ4n) is 2.73. The van der Waals surface area contributed by atoms with Gasteiger partial charge in [0.15, 0.2) is 17.2 Å². The van der Waals surface area contributed by atoms with E-state index in [9.17, 15) is 14.3 Å². The Kier molecular flexibility index (Phi) is 4.72. The summed E-state index contributed by atoms with van der Waals surface area (Å²) in [6.45, 7) is -0.261. The first-order valence-corrected chi connectivity index (χ1v) is 7.75. The van der Waals surface area contributed by atoms with Crippen LogP contribution in [0.4, 0.5) is 4.39 Å². The zero-order valence-electron chi connectivity index (χ0n) is 13.9. The molecule has 1 heterocycles. The highest BCUT2D eigenvalue weighted by atomic mass is 19.1. The molecule has 25 heavy (non-hydrogen) atoms. The number of aliphatic hydroxyl groups excluding tert-OH is 1. The molecule has 0 aliphatic carbocycles. The number of para-hydroxylation sites is 1. The van der Waals surface area contributed by atoms with Crippen LogP contribution in [0.2, 0.25) is 0 Å². The molecule has 1 aromatic heterocycles. The molecule has 1 atom stereocenters. The topological polar surface area (TPSA) is 62.9 Å². The average molecular weight is 343 g/mol. The van der Waals surface area contributed by atoms with Gasteiger partial charge in [0, 0.05) is 12.4 Å². The van der Waals surface area contributed by atoms with Crippen molar-refractivity contribution in [3.63, 3.8) is 0 Å². The maximum Gasteiger partial charge on any atom is 0.289 e. The zero-order valence-corrected chi connectivity index (χ0v) is 13.9. The number of benzene rings is 2. The van der Waals surface area contributed by atoms with Gasteiger partial charge in [-0.05, 0) is 29.8 Å². The van der Waals surface area contributed by atoms with Crippen molar-refractivity contribution in [2.75, 3.05) is 20.8 Å². The summed E-state index contributed by atoms with van der Waals surface area (Å²) in [6.07, 6.45) is 0. The molecule has 6 heteroatoms. The Morgan fingerprint density at radius 3 is 2.60 bits per heavy atom. The number of furan rings is 1. The lowest BCUT2D eigenvalue weighted by atomic mass is 10.1. The molecule has 0 saturated carbocycles. The molecule has 1 unspecified atom stereocenters. The van der Waals surface area contributed by atoms with Crippen molar-refractivity contribution in [3.05, 3.63) is 65.7 Å². The van der Waals surface area contributed by atoms with Gasteiger partial charge in [-0.2, -0.15) is 0 Å². The molecule has 3 rings (SSSR count). The minimum atomic E-state index is -0.559. The maximum atomic E-state index is 13.8. The van der Waals surface area contributed by atoms with E-state index in [1.807, 2.05) is 0 Å². The van der Waals surface area contributed by atoms with Crippen molar-refractivity contribution in [1.82, 2.24) is 4.90 Å². The highest BCUT2D eigenvalue weighted by Crippen LogP contribution is 2.26. The lowest BCUT2D eigenvalue weighted by Crippen LogP contribution is -2.33. The molecule has 0 aliphatic heterocycles. The van der Waals surface area contributed by atoms with E-state index in [0.29, 0.717) is 11.1 Å². The van der Waals surface area contributed by atoms with Gasteiger partial charge in [0.2, 0.25) is 0 Å². The number of hydrogen-bond acceptors (Lipinski definition) is 4. The smallest absolute Gasteiger partial charge is 0.289 e. The molecule has 0 bridgehead atoms. The second-order valence-electron chi connectivity index (χ2n) is 5.66. The van der Waals surface area contributed by atoms with Gasteiger partial charge < -0.3 is 19.2 Å². The van der Waals surface area contributed by atoms with Crippen LogP contribution in [0.5, 0.6) is 5.75 Å². The van der Waals surface area contributed by atoms with Crippen LogP contribution in [0.15, 0.2) is 52.9 Å². The number of rotatable bonds is 5. The number of hydrogen-bond donors (Lipinski definition) is 1. The SMILES string of the molecule is COc1ccc(C(CO)N(C)C(=O)c2cc3cccc(F)c3o2)cc1. The summed E-state index contributed by atoms with van der Waals surface area (Å²) >= 11 is 0. The maximum absolute atomic E-state index is 13.8. The molecule has 1 amide bonds. The normalized spacial score (nSPS) is 12.2. The second-order valence-corrected chi connectivity index (χ2v) is 5.66. The molecule has 0 spiro atoms. The van der Waals surface area contributed by atoms with Crippen molar-refractivity contribution in [2.45, 2.75) is 6.04 Å². The number of fused-ring (bicyclic) bond motifs is 1. The van der Waals surface area contributed by atoms with Crippen LogP contribution in [0, 0.1) is 5.82 Å². The van der Waals surface area contributed by atoms with E-state index < -0.39 is 17.8 Å². The number of carbonyl (C=O) groups is 1. The molecule has 130 valence electrons. The Labute approximate surface area is 144 Å². The fourth-order valence-corrected chi connectivity index (χ4v) is 2.73. The summed E-state index contributed by atoms with van der Waals surface area (Å²) in [5, 5.41) is 10.3. The molecule has 3 aromatic rings. The highest BCUT2D eigenvalue weighted by molar-refractivity contribution is 5.96. The molecule has 0 aliphatic rings. The number of likely N-dealkylation sites (N-methyl/N-ethyl adjacent to an activating group) is 1. The van der Waals surface area contributed by atoms with E-state index >= 15 is 0 Å². The summed E-state index contributed by atoms with van der Waals surface area (Å²) in [7, 11) is 3.13. The molecule has 2 aromatic carbocycles. The largest absolute Gasteiger partial charge is 0.497 e. The number of ether oxygens (including phenoxy) is 1. The summed E-state index contributed by atoms with van der Waals surface area (Å²) in [6, 6.07) is 12.5. The molecular weight excluding hydrogens is 325 g/mol. The van der Waals surface area contributed by atoms with E-state index in [-0.39, 0.29) is 18.0 Å². The van der Waals surface area contributed by atoms with Gasteiger partial charge in [-0.1, -0.05) is 24.3 Å². The standard InChI is InChI=1S/C19H18FNO4/c1-21(16(11-22)12-6-8-14(24-2)9-7-12)19(23)17-10-13-4-3-5-15(20)18(13)25-17/h3-10,16,22H,11H2,1-2H3. The van der Waals surface area contributed by atoms with Gasteiger partial charge in [-0.25, -0.2) is 4.39 Å². The first-order valence-electron chi connectivity index (χ1n) is 7.75. The van der Waals surface area contributed by atoms with Crippen LogP contribution in [0.25, 0.3) is 11.0 Å². The summed E-state index contributed by atoms with van der Waals surface area (Å²) in [4.78, 5) is 14.1. The number of halogens is 1. The van der Waals surface area contributed by atoms with Crippen LogP contribution in [-0.2, 0) is 0 Å². The summed E-state index contributed by atoms with van der Waals surface area (Å²) < 4.78 is 24.2. The van der Waals surface area contributed by atoms with Crippen molar-refractivity contribution >= 4 is 16.9 Å². The van der Waals surface area contributed by atoms with Gasteiger partial charge in [0.05, 0.1) is 19.8 Å². The van der Waals surface area contributed by atoms with Gasteiger partial charge >= 0.3 is 0 Å². The van der Waals surface area contributed by atoms with Crippen LogP contribution in [0.1, 0.15) is 22.2 Å². The Bertz CT molecular complexity index is 888. The molecule has 0 fully saturated rings. The van der Waals surface area contributed by atoms with Crippen LogP contribution >= 0.6 is 0 Å². The van der Waals surface area contributed by atoms with Gasteiger partial charge in [0.25, 0.3) is 5.91 Å². The fraction of sp³-hybridized carbons (Fsp3) is 0.211. The van der Waals surface area contributed by atoms with Crippen molar-refractivity contribution in [1.29, 1.82) is 0 Å². The molecule has 0 saturated heterocycles. The van der Waals surface area contributed by atoms with E-state index in [0.717, 1.165) is 5.56 Å². The van der Waals surface area contributed by atoms with Gasteiger partial charge in [0.1, 0.15) is 5.75 Å². The number of carbonyl (C=O) groups excluding carboxylic acids is 1. The minimum Gasteiger partial charge on any atom is -0.497 e. The van der Waals surface area contributed by atoms with Crippen molar-refractivity contribution in [3.8, 4) is 5.75 Å². The Balaban J connectivity index is 1.89. The average Bonchev–Trinajstić information content (AvgIpc) is 3.08. The lowest BCUT2D eigenvalue weighted by Gasteiger charge is -2.26. The predicted molar refractivity (Wildman–Crippen MR) is 91.1 cm³/mol. The first kappa shape index (κ1) is 17.0. The number of amides is 1. The van der Waals surface area contributed by atoms with Crippen LogP contribution < -0.4 is 4.74 Å². The molecule has 5 nitrogen and oxygen atoms in total. The van der Waals surface area contributed by atoms with E-state index in [2.05, 4.69) is 0 Å². The lowest BCUT2D eigenvalue weighted by molar-refractivity contribution is 0.0629. The number of methoxy groups -OCH3 is 1. The zero-order chi connectivity index (χ0) is 18.0.